The van der Waals surface area contributed by atoms with E-state index in [0.717, 1.165) is 18.4 Å². The number of hydrogen-bond donors (Lipinski definition) is 1. The number of unbranched alkanes of at least 4 members (excludes halogenated alkanes) is 4. The summed E-state index contributed by atoms with van der Waals surface area (Å²) in [7, 11) is 0. The average molecular weight is 448 g/mol. The van der Waals surface area contributed by atoms with Crippen LogP contribution in [0.1, 0.15) is 88.6 Å². The summed E-state index contributed by atoms with van der Waals surface area (Å²) in [5.41, 5.74) is 0.623. The molecule has 0 aliphatic rings. The number of esters is 2. The van der Waals surface area contributed by atoms with E-state index in [0.29, 0.717) is 24.8 Å². The Kier molecular flexibility index (Phi) is 12.3. The molecule has 1 aromatic rings. The molecule has 0 bridgehead atoms. The maximum atomic E-state index is 12.4. The summed E-state index contributed by atoms with van der Waals surface area (Å²) in [4.78, 5) is 46.9. The Bertz CT molecular complexity index is 738. The van der Waals surface area contributed by atoms with E-state index in [2.05, 4.69) is 12.2 Å². The van der Waals surface area contributed by atoms with Gasteiger partial charge in [0, 0.05) is 32.8 Å². The molecule has 7 nitrogen and oxygen atoms in total. The van der Waals surface area contributed by atoms with Crippen molar-refractivity contribution in [1.82, 2.24) is 5.32 Å². The number of ether oxygens (including phenoxy) is 2. The molecule has 0 fully saturated rings. The SMILES string of the molecule is CCCCCCCC(=O)c1ccc(CCC(COC(C)=O)(COC(C)=O)NC(C)=O)cc1. The molecule has 1 N–H and O–H groups in total. The lowest BCUT2D eigenvalue weighted by molar-refractivity contribution is -0.150. The molecule has 0 atom stereocenters. The van der Waals surface area contributed by atoms with E-state index in [9.17, 15) is 19.2 Å². The predicted molar refractivity (Wildman–Crippen MR) is 122 cm³/mol. The summed E-state index contributed by atoms with van der Waals surface area (Å²) in [6, 6.07) is 7.42. The van der Waals surface area contributed by atoms with Gasteiger partial charge in [0.15, 0.2) is 5.78 Å². The van der Waals surface area contributed by atoms with Crippen molar-refractivity contribution in [1.29, 1.82) is 0 Å². The smallest absolute Gasteiger partial charge is 0.302 e. The van der Waals surface area contributed by atoms with Crippen LogP contribution < -0.4 is 5.32 Å². The minimum Gasteiger partial charge on any atom is -0.463 e. The zero-order valence-corrected chi connectivity index (χ0v) is 19.8. The fraction of sp³-hybridized carbons (Fsp3) is 0.600. The molecule has 0 aromatic heterocycles. The van der Waals surface area contributed by atoms with Crippen LogP contribution in [0.25, 0.3) is 0 Å². The molecule has 0 saturated carbocycles. The highest BCUT2D eigenvalue weighted by molar-refractivity contribution is 5.96. The van der Waals surface area contributed by atoms with Gasteiger partial charge in [0.05, 0.1) is 0 Å². The summed E-state index contributed by atoms with van der Waals surface area (Å²) < 4.78 is 10.3. The van der Waals surface area contributed by atoms with E-state index in [-0.39, 0.29) is 24.9 Å². The Morgan fingerprint density at radius 1 is 0.844 bits per heavy atom. The fourth-order valence-corrected chi connectivity index (χ4v) is 3.45. The third-order valence-corrected chi connectivity index (χ3v) is 5.22. The predicted octanol–water partition coefficient (Wildman–Crippen LogP) is 4.16. The van der Waals surface area contributed by atoms with Crippen molar-refractivity contribution in [2.75, 3.05) is 13.2 Å². The van der Waals surface area contributed by atoms with Crippen molar-refractivity contribution in [2.24, 2.45) is 0 Å². The molecule has 0 unspecified atom stereocenters. The molecule has 0 aliphatic heterocycles. The van der Waals surface area contributed by atoms with E-state index < -0.39 is 17.5 Å². The Morgan fingerprint density at radius 2 is 1.41 bits per heavy atom. The van der Waals surface area contributed by atoms with Gasteiger partial charge in [-0.25, -0.2) is 0 Å². The summed E-state index contributed by atoms with van der Waals surface area (Å²) in [6.07, 6.45) is 7.02. The minimum atomic E-state index is -1.03. The van der Waals surface area contributed by atoms with E-state index in [1.165, 1.54) is 40.0 Å². The second kappa shape index (κ2) is 14.4. The van der Waals surface area contributed by atoms with Crippen molar-refractivity contribution in [3.05, 3.63) is 35.4 Å². The maximum Gasteiger partial charge on any atom is 0.302 e. The van der Waals surface area contributed by atoms with Crippen LogP contribution >= 0.6 is 0 Å². The third-order valence-electron chi connectivity index (χ3n) is 5.22. The topological polar surface area (TPSA) is 98.8 Å². The number of benzene rings is 1. The van der Waals surface area contributed by atoms with Crippen molar-refractivity contribution in [2.45, 2.75) is 84.6 Å². The molecule has 0 heterocycles. The first kappa shape index (κ1) is 27.3. The van der Waals surface area contributed by atoms with E-state index >= 15 is 0 Å². The first-order valence-electron chi connectivity index (χ1n) is 11.3. The number of rotatable bonds is 15. The van der Waals surface area contributed by atoms with Crippen molar-refractivity contribution in [3.8, 4) is 0 Å². The Hall–Kier alpha value is -2.70. The quantitative estimate of drug-likeness (QED) is 0.246. The zero-order valence-electron chi connectivity index (χ0n) is 19.8. The number of aryl methyl sites for hydroxylation is 1. The molecule has 1 amide bonds. The van der Waals surface area contributed by atoms with Crippen molar-refractivity contribution in [3.63, 3.8) is 0 Å². The Labute approximate surface area is 191 Å². The van der Waals surface area contributed by atoms with E-state index in [4.69, 9.17) is 9.47 Å². The lowest BCUT2D eigenvalue weighted by Crippen LogP contribution is -2.55. The van der Waals surface area contributed by atoms with Gasteiger partial charge in [-0.3, -0.25) is 19.2 Å². The van der Waals surface area contributed by atoms with Gasteiger partial charge in [-0.05, 0) is 24.8 Å². The van der Waals surface area contributed by atoms with Crippen LogP contribution in [0.2, 0.25) is 0 Å². The lowest BCUT2D eigenvalue weighted by Gasteiger charge is -2.33. The molecule has 1 aromatic carbocycles. The van der Waals surface area contributed by atoms with Crippen LogP contribution in [0.4, 0.5) is 0 Å². The van der Waals surface area contributed by atoms with Crippen LogP contribution in [0.3, 0.4) is 0 Å². The molecule has 0 aliphatic carbocycles. The summed E-state index contributed by atoms with van der Waals surface area (Å²) in [5.74, 6) is -1.14. The van der Waals surface area contributed by atoms with Gasteiger partial charge < -0.3 is 14.8 Å². The standard InChI is InChI=1S/C25H37NO6/c1-5-6-7-8-9-10-24(30)23-13-11-22(12-14-23)15-16-25(26-19(2)27,17-31-20(3)28)18-32-21(4)29/h11-14H,5-10,15-18H2,1-4H3,(H,26,27). The van der Waals surface area contributed by atoms with Gasteiger partial charge >= 0.3 is 11.9 Å². The second-order valence-corrected chi connectivity index (χ2v) is 8.31. The number of amides is 1. The monoisotopic (exact) mass is 447 g/mol. The highest BCUT2D eigenvalue weighted by atomic mass is 16.5. The minimum absolute atomic E-state index is 0.107. The van der Waals surface area contributed by atoms with Gasteiger partial charge in [-0.1, -0.05) is 56.9 Å². The largest absolute Gasteiger partial charge is 0.463 e. The summed E-state index contributed by atoms with van der Waals surface area (Å²) in [6.45, 7) is 5.87. The summed E-state index contributed by atoms with van der Waals surface area (Å²) in [5, 5.41) is 2.79. The number of Topliss-reactive ketones (excluding diaryl/α,β-unsaturated/α-hetero) is 1. The van der Waals surface area contributed by atoms with Crippen molar-refractivity contribution >= 4 is 23.6 Å². The van der Waals surface area contributed by atoms with Crippen LogP contribution in [-0.2, 0) is 30.3 Å². The molecule has 178 valence electrons. The molecule has 7 heteroatoms. The van der Waals surface area contributed by atoms with E-state index in [1.807, 2.05) is 24.3 Å². The average Bonchev–Trinajstić information content (AvgIpc) is 2.74. The number of carbonyl (C=O) groups excluding carboxylic acids is 4. The third kappa shape index (κ3) is 11.1. The van der Waals surface area contributed by atoms with Gasteiger partial charge in [-0.15, -0.1) is 0 Å². The first-order valence-corrected chi connectivity index (χ1v) is 11.3. The van der Waals surface area contributed by atoms with Crippen LogP contribution in [-0.4, -0.2) is 42.4 Å². The number of nitrogens with one attached hydrogen (secondary N) is 1. The number of carbonyl (C=O) groups is 4. The molecular weight excluding hydrogens is 410 g/mol. The van der Waals surface area contributed by atoms with Gasteiger partial charge in [0.2, 0.25) is 5.91 Å². The highest BCUT2D eigenvalue weighted by Gasteiger charge is 2.34. The molecule has 0 radical (unpaired) electrons. The van der Waals surface area contributed by atoms with Crippen LogP contribution in [0, 0.1) is 0 Å². The molecule has 0 spiro atoms. The molecule has 1 rings (SSSR count). The first-order chi connectivity index (χ1) is 15.2. The molecular formula is C25H37NO6. The summed E-state index contributed by atoms with van der Waals surface area (Å²) >= 11 is 0. The van der Waals surface area contributed by atoms with Crippen LogP contribution in [0.5, 0.6) is 0 Å². The maximum absolute atomic E-state index is 12.4. The fourth-order valence-electron chi connectivity index (χ4n) is 3.45. The number of hydrogen-bond acceptors (Lipinski definition) is 6. The second-order valence-electron chi connectivity index (χ2n) is 8.31. The van der Waals surface area contributed by atoms with Gasteiger partial charge in [0.1, 0.15) is 18.8 Å². The molecule has 32 heavy (non-hydrogen) atoms. The Balaban J connectivity index is 2.78. The molecule has 0 saturated heterocycles. The van der Waals surface area contributed by atoms with Gasteiger partial charge in [-0.2, -0.15) is 0 Å². The normalized spacial score (nSPS) is 11.0. The lowest BCUT2D eigenvalue weighted by atomic mass is 9.91. The Morgan fingerprint density at radius 3 is 1.91 bits per heavy atom. The van der Waals surface area contributed by atoms with E-state index in [1.54, 1.807) is 0 Å². The van der Waals surface area contributed by atoms with Crippen molar-refractivity contribution < 1.29 is 28.7 Å². The highest BCUT2D eigenvalue weighted by Crippen LogP contribution is 2.19. The number of ketones is 1. The van der Waals surface area contributed by atoms with Gasteiger partial charge in [0.25, 0.3) is 0 Å². The zero-order chi connectivity index (χ0) is 24.0. The van der Waals surface area contributed by atoms with Crippen LogP contribution in [0.15, 0.2) is 24.3 Å².